The van der Waals surface area contributed by atoms with Crippen molar-refractivity contribution in [1.29, 1.82) is 0 Å². The van der Waals surface area contributed by atoms with Crippen LogP contribution in [0.25, 0.3) is 0 Å². The maximum absolute atomic E-state index is 14.0. The van der Waals surface area contributed by atoms with Gasteiger partial charge in [-0.15, -0.1) is 0 Å². The fourth-order valence-electron chi connectivity index (χ4n) is 17.2. The lowest BCUT2D eigenvalue weighted by Gasteiger charge is -2.44. The highest BCUT2D eigenvalue weighted by Crippen LogP contribution is 2.53. The van der Waals surface area contributed by atoms with Gasteiger partial charge in [0, 0.05) is 115 Å². The van der Waals surface area contributed by atoms with E-state index >= 15 is 0 Å². The topological polar surface area (TPSA) is 593 Å². The first kappa shape index (κ1) is 114. The molecule has 1 fully saturated rings. The molecule has 0 saturated carbocycles. The number of hydrogen-bond donors (Lipinski definition) is 3. The van der Waals surface area contributed by atoms with Gasteiger partial charge in [-0.2, -0.15) is 38.4 Å². The summed E-state index contributed by atoms with van der Waals surface area (Å²) in [6, 6.07) is 50.5. The summed E-state index contributed by atoms with van der Waals surface area (Å²) < 4.78 is 45.3. The van der Waals surface area contributed by atoms with E-state index in [1.807, 2.05) is 72.8 Å². The van der Waals surface area contributed by atoms with Crippen LogP contribution < -0.4 is 40.3 Å². The molecule has 45 heteroatoms. The number of esters is 3. The molecule has 10 aromatic carbocycles. The van der Waals surface area contributed by atoms with E-state index in [9.17, 15) is 83.9 Å². The number of nitro groups is 4. The third kappa shape index (κ3) is 24.5. The van der Waals surface area contributed by atoms with Crippen LogP contribution >= 0.6 is 0 Å². The van der Waals surface area contributed by atoms with Gasteiger partial charge in [0.25, 0.3) is 22.7 Å². The molecule has 4 amide bonds. The maximum Gasteiger partial charge on any atom is 0.414 e. The molecular weight excluding hydrogens is 1940 g/mol. The van der Waals surface area contributed by atoms with Crippen LogP contribution in [0.3, 0.4) is 0 Å². The second-order valence-electron chi connectivity index (χ2n) is 36.2. The predicted molar refractivity (Wildman–Crippen MR) is 520 cm³/mol. The molecule has 0 radical (unpaired) electrons. The maximum atomic E-state index is 14.0. The number of anilines is 4. The molecule has 1 saturated heterocycles. The Kier molecular flexibility index (Phi) is 37.4. The van der Waals surface area contributed by atoms with Gasteiger partial charge in [0.05, 0.1) is 77.4 Å². The van der Waals surface area contributed by atoms with E-state index in [-0.39, 0.29) is 99.1 Å². The molecular formula is C101H100N8O35Si2. The van der Waals surface area contributed by atoms with Gasteiger partial charge in [0.1, 0.15) is 42.6 Å². The lowest BCUT2D eigenvalue weighted by atomic mass is 9.76. The molecule has 15 rings (SSSR count). The zero-order valence-corrected chi connectivity index (χ0v) is 83.9. The molecule has 0 bridgehead atoms. The molecule has 5 heterocycles. The second-order valence-corrected chi connectivity index (χ2v) is 44.9. The third-order valence-electron chi connectivity index (χ3n) is 24.7. The van der Waals surface area contributed by atoms with Gasteiger partial charge in [-0.25, -0.2) is 38.4 Å². The Hall–Kier alpha value is -17.4. The number of nitrogens with zero attached hydrogens (tertiary/aromatic N) is 8. The molecule has 3 atom stereocenters. The largest absolute Gasteiger partial charge is 0.478 e. The fourth-order valence-corrected chi connectivity index (χ4v) is 23.5. The number of carboxylic acid groups (broad SMARTS) is 1. The quantitative estimate of drug-likeness (QED) is 0.0179. The summed E-state index contributed by atoms with van der Waals surface area (Å²) in [7, 11) is 1.41. The molecule has 5 aliphatic rings. The summed E-state index contributed by atoms with van der Waals surface area (Å²) in [6.07, 6.45) is 0.850. The number of carbonyl (C=O) groups is 8. The van der Waals surface area contributed by atoms with Gasteiger partial charge in [-0.1, -0.05) is 128 Å². The van der Waals surface area contributed by atoms with Crippen LogP contribution in [-0.2, 0) is 125 Å². The summed E-state index contributed by atoms with van der Waals surface area (Å²) in [6.45, 7) is 23.9. The SMILES string of the molecule is CC1CCCO1.CN(C(=O)OCc1ccccc1[N+](=O)[O-])c1ccc2c(c1)[Si](C)(C)c1cc(N(C)C(=O)OCc3cc(C(=O)O)ccc3[N+](=O)[O-])ccc1C21OC(=O)c2ccc(C(C)(C)C)cc21.COC(=O)c1ccc([N+](=O)[O-])c(COC(=O)N(C)c2ccc3c(c2)[Si](C)(C)c2cc(N(C)C(=O)OCc4cc(C)ccc4[N+](=O)[O-])ccc2C32OC(=O)c3ccc(C(C)(C)C)cc32)c1.O=C=O.O=C=O.O=C=O.O=C=O.OO. The number of aryl methyl sites for hydroxylation is 1. The molecule has 762 valence electrons. The van der Waals surface area contributed by atoms with Crippen LogP contribution in [0.4, 0.5) is 64.7 Å². The minimum Gasteiger partial charge on any atom is -0.478 e. The van der Waals surface area contributed by atoms with Crippen molar-refractivity contribution in [2.45, 2.75) is 149 Å². The van der Waals surface area contributed by atoms with Crippen LogP contribution in [0, 0.1) is 47.4 Å². The van der Waals surface area contributed by atoms with E-state index in [4.69, 9.17) is 86.8 Å². The third-order valence-corrected chi connectivity index (χ3v) is 31.8. The highest BCUT2D eigenvalue weighted by atomic mass is 28.3. The number of rotatable bonds is 18. The van der Waals surface area contributed by atoms with Crippen molar-refractivity contribution < 1.29 is 150 Å². The van der Waals surface area contributed by atoms with Crippen LogP contribution in [0.15, 0.2) is 188 Å². The number of hydrogen-bond acceptors (Lipinski definition) is 34. The van der Waals surface area contributed by atoms with Crippen molar-refractivity contribution >= 4 is 155 Å². The van der Waals surface area contributed by atoms with E-state index in [0.29, 0.717) is 73.4 Å². The minimum absolute atomic E-state index is 0.00958. The standard InChI is InChI=1S/C47H46N4O12Si.C45H42N4O12Si.C5H10O.4CO2.H2O2/c1-27-10-18-38(50(56)57)29(20-27)25-61-44(54)48(5)32-13-16-35-40(23-32)64(8,9)41-24-33(49(6)45(55)62-26-30-21-28(42(52)60-7)11-19-39(30)51(58)59)14-17-36(41)47(35)37-22-31(46(2,3)4)12-15-34(37)43(53)63-47;1-44(2,3)29-13-16-32-35(21-29)45(61-41(32)52)33-17-14-30(46(4)42(53)59-24-27-10-8-9-11-36(27)48(55)56)22-38(33)62(6,7)39-23-31(15-18-34(39)45)47(5)43(54)60-25-28-20-26(40(50)51)12-19-37(28)49(57)58;1-5-3-2-4-6-5;4*2-1-3;1-2/h10-24H,25-26H2,1-9H3;8-23H,24-25H2,1-7H3,(H,50,51);5H,2-4H2,1H3;;;;;1-2H. The molecule has 5 aliphatic heterocycles. The molecule has 3 N–H and O–H groups in total. The van der Waals surface area contributed by atoms with Gasteiger partial charge >= 0.3 is 72.9 Å². The fraction of sp³-hybridized carbons (Fsp3) is 0.287. The monoisotopic (exact) mass is 2040 g/mol. The Morgan fingerprint density at radius 3 is 1.02 bits per heavy atom. The van der Waals surface area contributed by atoms with Crippen molar-refractivity contribution in [3.63, 3.8) is 0 Å². The van der Waals surface area contributed by atoms with Crippen molar-refractivity contribution in [2.24, 2.45) is 0 Å². The highest BCUT2D eigenvalue weighted by Gasteiger charge is 2.59. The molecule has 0 aromatic heterocycles. The lowest BCUT2D eigenvalue weighted by Crippen LogP contribution is -2.63. The minimum atomic E-state index is -2.90. The molecule has 3 unspecified atom stereocenters. The van der Waals surface area contributed by atoms with Gasteiger partial charge in [-0.3, -0.25) is 70.6 Å². The average Bonchev–Trinajstić information content (AvgIpc) is 1.50. The Morgan fingerprint density at radius 2 is 0.726 bits per heavy atom. The van der Waals surface area contributed by atoms with E-state index in [1.54, 1.807) is 61.5 Å². The first-order chi connectivity index (χ1) is 68.8. The Labute approximate surface area is 834 Å². The van der Waals surface area contributed by atoms with Crippen LogP contribution in [0.1, 0.15) is 175 Å². The number of nitro benzene ring substituents is 4. The van der Waals surface area contributed by atoms with Gasteiger partial charge < -0.3 is 43.0 Å². The number of carboxylic acids is 1. The van der Waals surface area contributed by atoms with Crippen LogP contribution in [0.2, 0.25) is 26.2 Å². The summed E-state index contributed by atoms with van der Waals surface area (Å²) >= 11 is 0. The number of para-hydroxylation sites is 1. The summed E-state index contributed by atoms with van der Waals surface area (Å²) in [4.78, 5) is 221. The average molecular weight is 2040 g/mol. The molecule has 146 heavy (non-hydrogen) atoms. The van der Waals surface area contributed by atoms with E-state index in [2.05, 4.69) is 74.7 Å². The van der Waals surface area contributed by atoms with Crippen LogP contribution in [0.5, 0.6) is 0 Å². The molecule has 2 spiro atoms. The van der Waals surface area contributed by atoms with Crippen molar-refractivity contribution in [3.8, 4) is 0 Å². The summed E-state index contributed by atoms with van der Waals surface area (Å²) in [5.41, 5.74) is 4.95. The number of carbonyl (C=O) groups excluding carboxylic acids is 15. The highest BCUT2D eigenvalue weighted by molar-refractivity contribution is 7.02. The van der Waals surface area contributed by atoms with Crippen molar-refractivity contribution in [2.75, 3.05) is 61.5 Å². The van der Waals surface area contributed by atoms with E-state index in [0.717, 1.165) is 68.3 Å². The normalized spacial score (nSPS) is 15.2. The Bertz CT molecular complexity index is 6870. The number of benzene rings is 10. The summed E-state index contributed by atoms with van der Waals surface area (Å²) in [5, 5.41) is 71.5. The number of ether oxygens (including phenoxy) is 8. The predicted octanol–water partition coefficient (Wildman–Crippen LogP) is 14.6. The van der Waals surface area contributed by atoms with Gasteiger partial charge in [-0.05, 0) is 179 Å². The van der Waals surface area contributed by atoms with Crippen molar-refractivity contribution in [1.82, 2.24) is 0 Å². The number of methoxy groups -OCH3 is 1. The number of aromatic carboxylic acids is 1. The number of fused-ring (bicyclic) bond motifs is 12. The van der Waals surface area contributed by atoms with Gasteiger partial charge in [0.15, 0.2) is 11.2 Å². The number of amides is 4. The Balaban J connectivity index is 0.000000301. The first-order valence-corrected chi connectivity index (χ1v) is 49.9. The Morgan fingerprint density at radius 1 is 0.425 bits per heavy atom. The second kappa shape index (κ2) is 47.9. The molecule has 43 nitrogen and oxygen atoms in total. The smallest absolute Gasteiger partial charge is 0.414 e. The van der Waals surface area contributed by atoms with Crippen LogP contribution in [-0.4, -0.2) is 172 Å². The summed E-state index contributed by atoms with van der Waals surface area (Å²) in [5.74, 6) is -3.05. The zero-order valence-electron chi connectivity index (χ0n) is 81.9. The van der Waals surface area contributed by atoms with E-state index < -0.39 is 114 Å². The first-order valence-electron chi connectivity index (χ1n) is 43.9. The lowest BCUT2D eigenvalue weighted by molar-refractivity contribution is -0.386. The molecule has 10 aromatic rings. The zero-order chi connectivity index (χ0) is 109. The van der Waals surface area contributed by atoms with Crippen molar-refractivity contribution in [3.05, 3.63) is 323 Å². The van der Waals surface area contributed by atoms with E-state index in [1.165, 1.54) is 104 Å². The molecule has 0 aliphatic carbocycles. The van der Waals surface area contributed by atoms with Gasteiger partial charge in [0.2, 0.25) is 0 Å².